The third-order valence-corrected chi connectivity index (χ3v) is 3.63. The van der Waals surface area contributed by atoms with Gasteiger partial charge in [0.2, 0.25) is 0 Å². The van der Waals surface area contributed by atoms with Crippen LogP contribution in [0, 0.1) is 11.7 Å². The number of hydrogen-bond acceptors (Lipinski definition) is 4. The maximum absolute atomic E-state index is 11.0. The highest BCUT2D eigenvalue weighted by molar-refractivity contribution is 7.73. The first-order valence-electron chi connectivity index (χ1n) is 5.96. The molecule has 0 aromatic heterocycles. The average molecular weight is 253 g/mol. The molecule has 1 aromatic rings. The van der Waals surface area contributed by atoms with Crippen molar-refractivity contribution in [2.75, 3.05) is 13.1 Å². The Labute approximate surface area is 106 Å². The lowest BCUT2D eigenvalue weighted by Crippen LogP contribution is -2.29. The van der Waals surface area contributed by atoms with E-state index in [9.17, 15) is 4.21 Å². The van der Waals surface area contributed by atoms with Crippen LogP contribution in [0.3, 0.4) is 0 Å². The highest BCUT2D eigenvalue weighted by atomic mass is 32.2. The van der Waals surface area contributed by atoms with Crippen molar-refractivity contribution in [2.45, 2.75) is 38.0 Å². The number of hydrogen-bond donors (Lipinski definition) is 2. The Morgan fingerprint density at radius 3 is 2.24 bits per heavy atom. The predicted octanol–water partition coefficient (Wildman–Crippen LogP) is 3.18. The quantitative estimate of drug-likeness (QED) is 0.795. The zero-order chi connectivity index (χ0) is 12.8. The Morgan fingerprint density at radius 2 is 1.88 bits per heavy atom. The van der Waals surface area contributed by atoms with E-state index in [0.29, 0.717) is 10.8 Å². The van der Waals surface area contributed by atoms with E-state index in [-0.39, 0.29) is 0 Å². The minimum atomic E-state index is -1.62. The first-order chi connectivity index (χ1) is 8.02. The minimum Gasteiger partial charge on any atom is -0.440 e. The summed E-state index contributed by atoms with van der Waals surface area (Å²) in [5, 5.41) is 3.11. The summed E-state index contributed by atoms with van der Waals surface area (Å²) in [6.07, 6.45) is 1.39. The molecule has 3 nitrogen and oxygen atoms in total. The molecule has 0 spiro atoms. The van der Waals surface area contributed by atoms with Crippen LogP contribution in [-0.4, -0.2) is 13.1 Å². The van der Waals surface area contributed by atoms with Gasteiger partial charge in [-0.3, -0.25) is 0 Å². The normalized spacial score (nSPS) is 14.2. The smallest absolute Gasteiger partial charge is 0.00368 e. The van der Waals surface area contributed by atoms with E-state index in [4.69, 9.17) is 4.78 Å². The van der Waals surface area contributed by atoms with E-state index in [2.05, 4.69) is 19.2 Å². The fourth-order valence-corrected chi connectivity index (χ4v) is 1.96. The molecule has 0 saturated carbocycles. The highest BCUT2D eigenvalue weighted by Crippen LogP contribution is 2.19. The van der Waals surface area contributed by atoms with Gasteiger partial charge in [0.1, 0.15) is 0 Å². The summed E-state index contributed by atoms with van der Waals surface area (Å²) in [5.41, 5.74) is 2.07. The van der Waals surface area contributed by atoms with Gasteiger partial charge in [-0.2, -0.15) is 10.6 Å². The summed E-state index contributed by atoms with van der Waals surface area (Å²) in [6, 6.07) is 5.82. The summed E-state index contributed by atoms with van der Waals surface area (Å²) in [5.74, 6) is 0.419. The van der Waals surface area contributed by atoms with Gasteiger partial charge in [-0.05, 0) is 37.9 Å². The SMILES string of the molecule is C1CNC1.Cc1ccc(C(C)C)cc1[S-](=N)=O. The van der Waals surface area contributed by atoms with Crippen LogP contribution < -0.4 is 5.32 Å². The fraction of sp³-hybridized carbons (Fsp3) is 0.538. The van der Waals surface area contributed by atoms with Gasteiger partial charge in [0.25, 0.3) is 0 Å². The van der Waals surface area contributed by atoms with Crippen molar-refractivity contribution in [3.63, 3.8) is 0 Å². The molecule has 0 bridgehead atoms. The molecule has 0 radical (unpaired) electrons. The molecule has 0 unspecified atom stereocenters. The number of benzene rings is 1. The molecular weight excluding hydrogens is 232 g/mol. The molecule has 1 fully saturated rings. The zero-order valence-electron chi connectivity index (χ0n) is 10.7. The van der Waals surface area contributed by atoms with Crippen molar-refractivity contribution in [3.05, 3.63) is 29.3 Å². The molecule has 4 heteroatoms. The van der Waals surface area contributed by atoms with Crippen molar-refractivity contribution < 1.29 is 4.21 Å². The number of nitrogens with one attached hydrogen (secondary N) is 2. The second-order valence-corrected chi connectivity index (χ2v) is 5.53. The first kappa shape index (κ1) is 14.2. The van der Waals surface area contributed by atoms with E-state index >= 15 is 0 Å². The standard InChI is InChI=1S/C10H14NOS.C3H7N/c1-7(2)9-5-4-8(3)10(6-9)13(11)12;1-2-4-3-1/h4-7,11H,1-3H3;4H,1-3H2/q-1;. The summed E-state index contributed by atoms with van der Waals surface area (Å²) in [6.45, 7) is 8.55. The van der Waals surface area contributed by atoms with Crippen molar-refractivity contribution in [1.29, 1.82) is 4.78 Å². The van der Waals surface area contributed by atoms with Gasteiger partial charge in [0, 0.05) is 0 Å². The van der Waals surface area contributed by atoms with Crippen molar-refractivity contribution in [2.24, 2.45) is 0 Å². The Bertz CT molecular complexity index is 423. The van der Waals surface area contributed by atoms with E-state index in [1.807, 2.05) is 25.1 Å². The molecule has 1 saturated heterocycles. The van der Waals surface area contributed by atoms with Crippen LogP contribution in [0.2, 0.25) is 0 Å². The van der Waals surface area contributed by atoms with Crippen LogP contribution in [0.25, 0.3) is 0 Å². The molecule has 0 aliphatic carbocycles. The lowest BCUT2D eigenvalue weighted by atomic mass is 10.0. The van der Waals surface area contributed by atoms with E-state index in [1.165, 1.54) is 19.5 Å². The van der Waals surface area contributed by atoms with Crippen LogP contribution in [0.15, 0.2) is 23.1 Å². The van der Waals surface area contributed by atoms with Gasteiger partial charge in [0.15, 0.2) is 0 Å². The van der Waals surface area contributed by atoms with Crippen LogP contribution in [0.4, 0.5) is 0 Å². The third-order valence-electron chi connectivity index (χ3n) is 2.79. The van der Waals surface area contributed by atoms with Crippen molar-refractivity contribution >= 4 is 10.6 Å². The molecule has 1 aliphatic rings. The average Bonchev–Trinajstić information content (AvgIpc) is 2.14. The molecule has 0 amide bonds. The second kappa shape index (κ2) is 6.77. The fourth-order valence-electron chi connectivity index (χ4n) is 1.35. The van der Waals surface area contributed by atoms with Crippen molar-refractivity contribution in [1.82, 2.24) is 5.32 Å². The van der Waals surface area contributed by atoms with Crippen LogP contribution in [-0.2, 0) is 14.8 Å². The third kappa shape index (κ3) is 4.48. The Balaban J connectivity index is 0.000000302. The van der Waals surface area contributed by atoms with E-state index in [1.54, 1.807) is 0 Å². The van der Waals surface area contributed by atoms with E-state index < -0.39 is 10.6 Å². The van der Waals surface area contributed by atoms with Crippen LogP contribution >= 0.6 is 0 Å². The summed E-state index contributed by atoms with van der Waals surface area (Å²) in [4.78, 5) is 0.631. The molecule has 1 aliphatic heterocycles. The van der Waals surface area contributed by atoms with Crippen molar-refractivity contribution in [3.8, 4) is 0 Å². The maximum atomic E-state index is 11.0. The molecule has 96 valence electrons. The summed E-state index contributed by atoms with van der Waals surface area (Å²) < 4.78 is 18.2. The lowest BCUT2D eigenvalue weighted by Gasteiger charge is -2.12. The summed E-state index contributed by atoms with van der Waals surface area (Å²) in [7, 11) is -1.62. The Hall–Kier alpha value is -0.870. The Morgan fingerprint density at radius 1 is 1.35 bits per heavy atom. The van der Waals surface area contributed by atoms with Gasteiger partial charge in [-0.25, -0.2) is 0 Å². The van der Waals surface area contributed by atoms with Gasteiger partial charge < -0.3 is 14.3 Å². The van der Waals surface area contributed by atoms with Gasteiger partial charge >= 0.3 is 0 Å². The van der Waals surface area contributed by atoms with Gasteiger partial charge in [-0.15, -0.1) is 0 Å². The van der Waals surface area contributed by atoms with Crippen LogP contribution in [0.1, 0.15) is 37.3 Å². The first-order valence-corrected chi connectivity index (χ1v) is 7.11. The number of rotatable bonds is 2. The monoisotopic (exact) mass is 253 g/mol. The van der Waals surface area contributed by atoms with Gasteiger partial charge in [-0.1, -0.05) is 42.5 Å². The minimum absolute atomic E-state index is 0.419. The van der Waals surface area contributed by atoms with E-state index in [0.717, 1.165) is 11.1 Å². The van der Waals surface area contributed by atoms with Crippen LogP contribution in [0.5, 0.6) is 0 Å². The second-order valence-electron chi connectivity index (χ2n) is 4.55. The molecule has 2 rings (SSSR count). The predicted molar refractivity (Wildman–Crippen MR) is 71.8 cm³/mol. The molecule has 17 heavy (non-hydrogen) atoms. The molecule has 1 aromatic carbocycles. The zero-order valence-corrected chi connectivity index (χ0v) is 11.6. The Kier molecular flexibility index (Phi) is 5.65. The number of aryl methyl sites for hydroxylation is 1. The molecule has 2 N–H and O–H groups in total. The highest BCUT2D eigenvalue weighted by Gasteiger charge is 1.99. The molecule has 1 heterocycles. The summed E-state index contributed by atoms with van der Waals surface area (Å²) >= 11 is 0. The largest absolute Gasteiger partial charge is 0.440 e. The maximum Gasteiger partial charge on any atom is -0.00368 e. The molecule has 0 atom stereocenters. The lowest BCUT2D eigenvalue weighted by molar-refractivity contribution is 0.527. The molecular formula is C13H21N2OS-. The van der Waals surface area contributed by atoms with Gasteiger partial charge in [0.05, 0.1) is 0 Å². The topological polar surface area (TPSA) is 53.0 Å².